The zero-order chi connectivity index (χ0) is 24.2. The summed E-state index contributed by atoms with van der Waals surface area (Å²) in [6, 6.07) is 0. The van der Waals surface area contributed by atoms with Crippen LogP contribution in [0.25, 0.3) is 0 Å². The van der Waals surface area contributed by atoms with E-state index in [0.717, 1.165) is 12.0 Å². The zero-order valence-electron chi connectivity index (χ0n) is 22.2. The second-order valence-corrected chi connectivity index (χ2v) is 14.5. The van der Waals surface area contributed by atoms with Crippen molar-refractivity contribution in [2.24, 2.45) is 50.7 Å². The molecule has 2 spiro atoms. The minimum Gasteiger partial charge on any atom is -0.392 e. The first-order chi connectivity index (χ1) is 15.3. The molecule has 0 aromatic heterocycles. The quantitative estimate of drug-likeness (QED) is 0.487. The molecule has 33 heavy (non-hydrogen) atoms. The maximum atomic E-state index is 12.6. The Morgan fingerprint density at radius 3 is 2.27 bits per heavy atom. The smallest absolute Gasteiger partial charge is 0.155 e. The van der Waals surface area contributed by atoms with Crippen LogP contribution in [0.5, 0.6) is 0 Å². The Balaban J connectivity index is 1.44. The third-order valence-corrected chi connectivity index (χ3v) is 12.9. The van der Waals surface area contributed by atoms with E-state index < -0.39 is 6.10 Å². The molecule has 0 aromatic carbocycles. The van der Waals surface area contributed by atoms with Gasteiger partial charge in [-0.25, -0.2) is 0 Å². The first kappa shape index (κ1) is 24.0. The van der Waals surface area contributed by atoms with Crippen LogP contribution in [-0.2, 0) is 4.79 Å². The molecule has 2 N–H and O–H groups in total. The first-order valence-corrected chi connectivity index (χ1v) is 13.8. The van der Waals surface area contributed by atoms with Crippen molar-refractivity contribution in [1.82, 2.24) is 0 Å². The number of hydrogen-bond donors (Lipinski definition) is 2. The van der Waals surface area contributed by atoms with Crippen LogP contribution in [0.1, 0.15) is 106 Å². The molecule has 0 aromatic rings. The molecule has 0 radical (unpaired) electrons. The van der Waals surface area contributed by atoms with Crippen LogP contribution >= 0.6 is 0 Å². The lowest BCUT2D eigenvalue weighted by Crippen LogP contribution is -2.61. The third kappa shape index (κ3) is 2.85. The molecule has 5 rings (SSSR count). The van der Waals surface area contributed by atoms with Crippen molar-refractivity contribution < 1.29 is 15.0 Å². The SMILES string of the molecule is CC(C)=CC(=O)CC(C)C1CCC2(C)C3CCC4C(C)(C)C(O)CC(O)C45CC35CCC12C. The monoisotopic (exact) mass is 456 g/mol. The van der Waals surface area contributed by atoms with Gasteiger partial charge in [0, 0.05) is 18.3 Å². The van der Waals surface area contributed by atoms with Crippen molar-refractivity contribution >= 4 is 5.78 Å². The molecule has 0 heterocycles. The van der Waals surface area contributed by atoms with Gasteiger partial charge in [-0.15, -0.1) is 0 Å². The van der Waals surface area contributed by atoms with Gasteiger partial charge in [0.1, 0.15) is 0 Å². The fourth-order valence-electron chi connectivity index (χ4n) is 11.1. The van der Waals surface area contributed by atoms with E-state index in [1.165, 1.54) is 38.5 Å². The van der Waals surface area contributed by atoms with Crippen LogP contribution in [0.2, 0.25) is 0 Å². The van der Waals surface area contributed by atoms with Crippen LogP contribution in [-0.4, -0.2) is 28.2 Å². The molecule has 5 saturated carbocycles. The third-order valence-electron chi connectivity index (χ3n) is 12.9. The number of allylic oxidation sites excluding steroid dienone is 2. The maximum absolute atomic E-state index is 12.6. The van der Waals surface area contributed by atoms with Crippen molar-refractivity contribution in [2.45, 2.75) is 118 Å². The lowest BCUT2D eigenvalue weighted by molar-refractivity contribution is -0.195. The van der Waals surface area contributed by atoms with E-state index in [4.69, 9.17) is 0 Å². The maximum Gasteiger partial charge on any atom is 0.155 e. The fourth-order valence-corrected chi connectivity index (χ4v) is 11.1. The number of aliphatic hydroxyl groups excluding tert-OH is 2. The van der Waals surface area contributed by atoms with Gasteiger partial charge in [0.25, 0.3) is 0 Å². The van der Waals surface area contributed by atoms with Crippen LogP contribution in [0, 0.1) is 50.7 Å². The highest BCUT2D eigenvalue weighted by molar-refractivity contribution is 5.90. The van der Waals surface area contributed by atoms with E-state index in [1.807, 2.05) is 19.9 Å². The minimum atomic E-state index is -0.392. The number of carbonyl (C=O) groups excluding carboxylic acids is 1. The van der Waals surface area contributed by atoms with E-state index in [1.54, 1.807) is 0 Å². The second-order valence-electron chi connectivity index (χ2n) is 14.5. The summed E-state index contributed by atoms with van der Waals surface area (Å²) in [5.41, 5.74) is 1.87. The number of ketones is 1. The predicted octanol–water partition coefficient (Wildman–Crippen LogP) is 6.32. The van der Waals surface area contributed by atoms with Crippen molar-refractivity contribution in [3.05, 3.63) is 11.6 Å². The first-order valence-electron chi connectivity index (χ1n) is 13.8. The lowest BCUT2D eigenvalue weighted by atomic mass is 9.41. The molecule has 5 fully saturated rings. The van der Waals surface area contributed by atoms with Gasteiger partial charge < -0.3 is 10.2 Å². The Kier molecular flexibility index (Phi) is 5.24. The van der Waals surface area contributed by atoms with Gasteiger partial charge in [-0.3, -0.25) is 4.79 Å². The standard InChI is InChI=1S/C30H48O3/c1-18(2)14-20(31)15-19(3)21-10-11-28(7)23-9-8-22-26(4,5)24(32)16-25(33)30(22)17-29(23,30)13-12-27(21,28)6/h14,19,21-25,32-33H,8-13,15-17H2,1-7H3. The Hall–Kier alpha value is -0.670. The fraction of sp³-hybridized carbons (Fsp3) is 0.900. The summed E-state index contributed by atoms with van der Waals surface area (Å²) in [5, 5.41) is 22.3. The van der Waals surface area contributed by atoms with Crippen molar-refractivity contribution in [2.75, 3.05) is 0 Å². The van der Waals surface area contributed by atoms with Crippen LogP contribution in [0.3, 0.4) is 0 Å². The number of fused-ring (bicyclic) bond motifs is 2. The van der Waals surface area contributed by atoms with E-state index in [2.05, 4.69) is 34.6 Å². The van der Waals surface area contributed by atoms with Gasteiger partial charge in [0.2, 0.25) is 0 Å². The van der Waals surface area contributed by atoms with Crippen molar-refractivity contribution in [3.63, 3.8) is 0 Å². The van der Waals surface area contributed by atoms with Crippen molar-refractivity contribution in [1.29, 1.82) is 0 Å². The molecule has 10 unspecified atom stereocenters. The molecule has 3 heteroatoms. The van der Waals surface area contributed by atoms with Crippen LogP contribution in [0.4, 0.5) is 0 Å². The summed E-state index contributed by atoms with van der Waals surface area (Å²) < 4.78 is 0. The van der Waals surface area contributed by atoms with Gasteiger partial charge in [0.05, 0.1) is 12.2 Å². The molecule has 0 bridgehead atoms. The Morgan fingerprint density at radius 2 is 1.61 bits per heavy atom. The van der Waals surface area contributed by atoms with Crippen LogP contribution in [0.15, 0.2) is 11.6 Å². The summed E-state index contributed by atoms with van der Waals surface area (Å²) >= 11 is 0. The van der Waals surface area contributed by atoms with Crippen LogP contribution < -0.4 is 0 Å². The van der Waals surface area contributed by atoms with Crippen molar-refractivity contribution in [3.8, 4) is 0 Å². The average molecular weight is 457 g/mol. The molecule has 0 aliphatic heterocycles. The van der Waals surface area contributed by atoms with E-state index >= 15 is 0 Å². The highest BCUT2D eigenvalue weighted by atomic mass is 16.3. The normalized spacial score (nSPS) is 52.6. The highest BCUT2D eigenvalue weighted by Crippen LogP contribution is 2.89. The average Bonchev–Trinajstić information content (AvgIpc) is 3.31. The summed E-state index contributed by atoms with van der Waals surface area (Å²) in [6.45, 7) is 16.0. The molecule has 0 saturated heterocycles. The molecular weight excluding hydrogens is 408 g/mol. The molecule has 5 aliphatic rings. The number of carbonyl (C=O) groups is 1. The van der Waals surface area contributed by atoms with E-state index in [9.17, 15) is 15.0 Å². The Bertz CT molecular complexity index is 870. The Labute approximate surface area is 201 Å². The van der Waals surface area contributed by atoms with Gasteiger partial charge >= 0.3 is 0 Å². The molecule has 186 valence electrons. The molecule has 0 amide bonds. The molecule has 10 atom stereocenters. The van der Waals surface area contributed by atoms with Gasteiger partial charge in [-0.1, -0.05) is 40.2 Å². The second kappa shape index (κ2) is 7.19. The van der Waals surface area contributed by atoms with E-state index in [0.29, 0.717) is 42.3 Å². The molecular formula is C30H48O3. The Morgan fingerprint density at radius 1 is 0.939 bits per heavy atom. The number of rotatable bonds is 4. The molecule has 5 aliphatic carbocycles. The predicted molar refractivity (Wildman–Crippen MR) is 132 cm³/mol. The minimum absolute atomic E-state index is 0.0338. The summed E-state index contributed by atoms with van der Waals surface area (Å²) in [5.74, 6) is 2.43. The van der Waals surface area contributed by atoms with E-state index in [-0.39, 0.29) is 33.2 Å². The largest absolute Gasteiger partial charge is 0.392 e. The topological polar surface area (TPSA) is 57.5 Å². The molecule has 3 nitrogen and oxygen atoms in total. The highest BCUT2D eigenvalue weighted by Gasteiger charge is 2.84. The summed E-state index contributed by atoms with van der Waals surface area (Å²) in [6.07, 6.45) is 10.9. The number of aliphatic hydroxyl groups is 2. The number of hydrogen-bond acceptors (Lipinski definition) is 3. The van der Waals surface area contributed by atoms with Gasteiger partial charge in [0.15, 0.2) is 5.78 Å². The summed E-state index contributed by atoms with van der Waals surface area (Å²) in [7, 11) is 0. The summed E-state index contributed by atoms with van der Waals surface area (Å²) in [4.78, 5) is 12.6. The zero-order valence-corrected chi connectivity index (χ0v) is 22.2. The van der Waals surface area contributed by atoms with Gasteiger partial charge in [-0.2, -0.15) is 0 Å². The van der Waals surface area contributed by atoms with Gasteiger partial charge in [-0.05, 0) is 110 Å². The lowest BCUT2D eigenvalue weighted by Gasteiger charge is -2.64.